The van der Waals surface area contributed by atoms with E-state index in [0.29, 0.717) is 24.5 Å². The van der Waals surface area contributed by atoms with Crippen LogP contribution in [0.2, 0.25) is 0 Å². The number of carbonyl (C=O) groups is 1. The number of rotatable bonds is 5. The maximum Gasteiger partial charge on any atom is 0.271 e. The van der Waals surface area contributed by atoms with Gasteiger partial charge in [0.2, 0.25) is 0 Å². The first-order valence-electron chi connectivity index (χ1n) is 5.69. The van der Waals surface area contributed by atoms with Crippen LogP contribution in [0.1, 0.15) is 23.1 Å². The standard InChI is InChI=1S/C11H15N5OS/c1-2-16-10(9(12)5-15-16)11(17)13-4-3-8-6-18-7-14-8/h5-7H,2-4,12H2,1H3,(H,13,17). The largest absolute Gasteiger partial charge is 0.396 e. The van der Waals surface area contributed by atoms with Crippen LogP contribution in [0.3, 0.4) is 0 Å². The Labute approximate surface area is 109 Å². The Hall–Kier alpha value is -1.89. The summed E-state index contributed by atoms with van der Waals surface area (Å²) in [4.78, 5) is 16.1. The van der Waals surface area contributed by atoms with Crippen molar-refractivity contribution in [3.63, 3.8) is 0 Å². The maximum absolute atomic E-state index is 12.0. The number of nitrogens with two attached hydrogens (primary N) is 1. The van der Waals surface area contributed by atoms with Crippen LogP contribution in [-0.2, 0) is 13.0 Å². The normalized spacial score (nSPS) is 10.5. The number of nitrogens with one attached hydrogen (secondary N) is 1. The summed E-state index contributed by atoms with van der Waals surface area (Å²) in [7, 11) is 0. The van der Waals surface area contributed by atoms with Crippen LogP contribution >= 0.6 is 11.3 Å². The molecule has 2 rings (SSSR count). The van der Waals surface area contributed by atoms with Gasteiger partial charge in [-0.1, -0.05) is 0 Å². The molecule has 0 fully saturated rings. The van der Waals surface area contributed by atoms with Gasteiger partial charge in [-0.25, -0.2) is 4.98 Å². The van der Waals surface area contributed by atoms with Gasteiger partial charge in [0.25, 0.3) is 5.91 Å². The van der Waals surface area contributed by atoms with Crippen LogP contribution < -0.4 is 11.1 Å². The average molecular weight is 265 g/mol. The number of aromatic nitrogens is 3. The number of hydrogen-bond acceptors (Lipinski definition) is 5. The molecule has 18 heavy (non-hydrogen) atoms. The molecule has 0 aliphatic rings. The molecule has 0 aromatic carbocycles. The highest BCUT2D eigenvalue weighted by atomic mass is 32.1. The van der Waals surface area contributed by atoms with Crippen LogP contribution in [0.4, 0.5) is 5.69 Å². The van der Waals surface area contributed by atoms with Crippen molar-refractivity contribution in [2.24, 2.45) is 0 Å². The lowest BCUT2D eigenvalue weighted by atomic mass is 10.3. The molecular weight excluding hydrogens is 250 g/mol. The van der Waals surface area contributed by atoms with E-state index in [4.69, 9.17) is 5.73 Å². The average Bonchev–Trinajstić information content (AvgIpc) is 2.98. The van der Waals surface area contributed by atoms with E-state index in [-0.39, 0.29) is 5.91 Å². The van der Waals surface area contributed by atoms with E-state index in [1.807, 2.05) is 12.3 Å². The summed E-state index contributed by atoms with van der Waals surface area (Å²) < 4.78 is 1.59. The highest BCUT2D eigenvalue weighted by Crippen LogP contribution is 2.10. The third kappa shape index (κ3) is 2.67. The Morgan fingerprint density at radius 1 is 1.61 bits per heavy atom. The minimum absolute atomic E-state index is 0.193. The Balaban J connectivity index is 1.93. The summed E-state index contributed by atoms with van der Waals surface area (Å²) in [6, 6.07) is 0. The summed E-state index contributed by atoms with van der Waals surface area (Å²) in [5, 5.41) is 8.83. The fourth-order valence-electron chi connectivity index (χ4n) is 1.64. The van der Waals surface area contributed by atoms with E-state index in [0.717, 1.165) is 12.1 Å². The van der Waals surface area contributed by atoms with Crippen molar-refractivity contribution in [1.29, 1.82) is 0 Å². The Morgan fingerprint density at radius 3 is 3.11 bits per heavy atom. The van der Waals surface area contributed by atoms with Gasteiger partial charge in [0.1, 0.15) is 5.69 Å². The lowest BCUT2D eigenvalue weighted by Crippen LogP contribution is -2.28. The second-order valence-corrected chi connectivity index (χ2v) is 4.47. The van der Waals surface area contributed by atoms with Crippen molar-refractivity contribution in [3.8, 4) is 0 Å². The molecule has 2 aromatic heterocycles. The Bertz CT molecular complexity index is 520. The van der Waals surface area contributed by atoms with Crippen molar-refractivity contribution < 1.29 is 4.79 Å². The molecule has 0 aliphatic carbocycles. The Morgan fingerprint density at radius 2 is 2.44 bits per heavy atom. The predicted octanol–water partition coefficient (Wildman–Crippen LogP) is 0.914. The molecule has 0 atom stereocenters. The molecule has 2 heterocycles. The quantitative estimate of drug-likeness (QED) is 0.841. The molecule has 96 valence electrons. The molecule has 3 N–H and O–H groups in total. The molecule has 6 nitrogen and oxygen atoms in total. The van der Waals surface area contributed by atoms with Crippen LogP contribution in [0.15, 0.2) is 17.1 Å². The summed E-state index contributed by atoms with van der Waals surface area (Å²) in [6.07, 6.45) is 2.22. The van der Waals surface area contributed by atoms with E-state index in [9.17, 15) is 4.79 Å². The van der Waals surface area contributed by atoms with Crippen molar-refractivity contribution in [2.75, 3.05) is 12.3 Å². The number of thiazole rings is 1. The molecule has 0 saturated carbocycles. The van der Waals surface area contributed by atoms with Crippen LogP contribution in [0.25, 0.3) is 0 Å². The topological polar surface area (TPSA) is 85.8 Å². The summed E-state index contributed by atoms with van der Waals surface area (Å²) in [5.41, 5.74) is 9.32. The number of nitrogen functional groups attached to an aromatic ring is 1. The van der Waals surface area contributed by atoms with Crippen molar-refractivity contribution in [2.45, 2.75) is 19.9 Å². The number of aryl methyl sites for hydroxylation is 1. The van der Waals surface area contributed by atoms with Crippen molar-refractivity contribution in [3.05, 3.63) is 28.5 Å². The number of carbonyl (C=O) groups excluding carboxylic acids is 1. The van der Waals surface area contributed by atoms with E-state index < -0.39 is 0 Å². The van der Waals surface area contributed by atoms with Crippen LogP contribution in [0, 0.1) is 0 Å². The molecular formula is C11H15N5OS. The van der Waals surface area contributed by atoms with Crippen molar-refractivity contribution >= 4 is 22.9 Å². The highest BCUT2D eigenvalue weighted by molar-refractivity contribution is 7.07. The van der Waals surface area contributed by atoms with Gasteiger partial charge >= 0.3 is 0 Å². The SMILES string of the molecule is CCn1ncc(N)c1C(=O)NCCc1cscn1. The summed E-state index contributed by atoms with van der Waals surface area (Å²) >= 11 is 1.55. The van der Waals surface area contributed by atoms with Gasteiger partial charge in [-0.3, -0.25) is 9.48 Å². The minimum Gasteiger partial charge on any atom is -0.396 e. The van der Waals surface area contributed by atoms with Crippen LogP contribution in [-0.4, -0.2) is 27.2 Å². The van der Waals surface area contributed by atoms with E-state index >= 15 is 0 Å². The zero-order valence-corrected chi connectivity index (χ0v) is 10.9. The lowest BCUT2D eigenvalue weighted by molar-refractivity contribution is 0.0944. The number of amides is 1. The smallest absolute Gasteiger partial charge is 0.271 e. The fraction of sp³-hybridized carbons (Fsp3) is 0.364. The molecule has 0 saturated heterocycles. The zero-order chi connectivity index (χ0) is 13.0. The molecule has 0 unspecified atom stereocenters. The highest BCUT2D eigenvalue weighted by Gasteiger charge is 2.15. The van der Waals surface area contributed by atoms with Gasteiger partial charge < -0.3 is 11.1 Å². The minimum atomic E-state index is -0.193. The molecule has 7 heteroatoms. The van der Waals surface area contributed by atoms with E-state index in [1.54, 1.807) is 21.5 Å². The second-order valence-electron chi connectivity index (χ2n) is 3.75. The maximum atomic E-state index is 12.0. The second kappa shape index (κ2) is 5.63. The third-order valence-electron chi connectivity index (χ3n) is 2.53. The first-order valence-corrected chi connectivity index (χ1v) is 6.63. The Kier molecular flexibility index (Phi) is 3.93. The van der Waals surface area contributed by atoms with Gasteiger partial charge in [0.05, 0.1) is 23.1 Å². The molecule has 0 aliphatic heterocycles. The van der Waals surface area contributed by atoms with Gasteiger partial charge in [-0.05, 0) is 6.92 Å². The molecule has 2 aromatic rings. The van der Waals surface area contributed by atoms with E-state index in [1.165, 1.54) is 6.20 Å². The monoisotopic (exact) mass is 265 g/mol. The van der Waals surface area contributed by atoms with Crippen molar-refractivity contribution in [1.82, 2.24) is 20.1 Å². The zero-order valence-electron chi connectivity index (χ0n) is 10.1. The number of nitrogens with zero attached hydrogens (tertiary/aromatic N) is 3. The summed E-state index contributed by atoms with van der Waals surface area (Å²) in [6.45, 7) is 3.07. The lowest BCUT2D eigenvalue weighted by Gasteiger charge is -2.06. The molecule has 0 spiro atoms. The first-order chi connectivity index (χ1) is 8.72. The van der Waals surface area contributed by atoms with Gasteiger partial charge in [0, 0.05) is 24.9 Å². The number of anilines is 1. The molecule has 0 bridgehead atoms. The number of hydrogen-bond donors (Lipinski definition) is 2. The van der Waals surface area contributed by atoms with Gasteiger partial charge in [-0.15, -0.1) is 11.3 Å². The predicted molar refractivity (Wildman–Crippen MR) is 70.5 cm³/mol. The molecule has 0 radical (unpaired) electrons. The van der Waals surface area contributed by atoms with Crippen LogP contribution in [0.5, 0.6) is 0 Å². The first kappa shape index (κ1) is 12.6. The van der Waals surface area contributed by atoms with E-state index in [2.05, 4.69) is 15.4 Å². The third-order valence-corrected chi connectivity index (χ3v) is 3.17. The summed E-state index contributed by atoms with van der Waals surface area (Å²) in [5.74, 6) is -0.193. The molecule has 1 amide bonds. The van der Waals surface area contributed by atoms with Gasteiger partial charge in [-0.2, -0.15) is 5.10 Å². The van der Waals surface area contributed by atoms with Gasteiger partial charge in [0.15, 0.2) is 0 Å². The fourth-order valence-corrected chi connectivity index (χ4v) is 2.23.